The second-order valence-electron chi connectivity index (χ2n) is 6.59. The predicted molar refractivity (Wildman–Crippen MR) is 113 cm³/mol. The maximum absolute atomic E-state index is 13.0. The highest BCUT2D eigenvalue weighted by Gasteiger charge is 2.34. The quantitative estimate of drug-likeness (QED) is 0.540. The summed E-state index contributed by atoms with van der Waals surface area (Å²) in [6, 6.07) is 6.35. The van der Waals surface area contributed by atoms with Gasteiger partial charge in [-0.15, -0.1) is 11.3 Å². The van der Waals surface area contributed by atoms with Crippen LogP contribution in [0.15, 0.2) is 40.7 Å². The third-order valence-electron chi connectivity index (χ3n) is 4.27. The Bertz CT molecular complexity index is 1250. The van der Waals surface area contributed by atoms with Gasteiger partial charge >= 0.3 is 6.18 Å². The molecule has 0 fully saturated rings. The number of aromatic nitrogens is 2. The van der Waals surface area contributed by atoms with E-state index in [1.165, 1.54) is 7.11 Å². The van der Waals surface area contributed by atoms with Gasteiger partial charge in [0.25, 0.3) is 15.9 Å². The summed E-state index contributed by atoms with van der Waals surface area (Å²) in [5.41, 5.74) is 0.498. The summed E-state index contributed by atoms with van der Waals surface area (Å²) in [4.78, 5) is 19.1. The minimum absolute atomic E-state index is 0.0681. The number of carbonyl (C=O) groups is 1. The van der Waals surface area contributed by atoms with Gasteiger partial charge in [0.2, 0.25) is 5.88 Å². The Labute approximate surface area is 185 Å². The summed E-state index contributed by atoms with van der Waals surface area (Å²) in [5.74, 6) is -1.17. The largest absolute Gasteiger partial charge is 0.480 e. The number of alkyl halides is 3. The molecule has 0 bridgehead atoms. The van der Waals surface area contributed by atoms with Crippen molar-refractivity contribution in [3.8, 4) is 5.88 Å². The Morgan fingerprint density at radius 1 is 1.19 bits per heavy atom. The second kappa shape index (κ2) is 8.74. The van der Waals surface area contributed by atoms with Gasteiger partial charge in [-0.2, -0.15) is 13.2 Å². The number of methoxy groups -OCH3 is 1. The normalized spacial score (nSPS) is 11.8. The third-order valence-corrected chi connectivity index (χ3v) is 6.45. The van der Waals surface area contributed by atoms with Crippen LogP contribution in [-0.4, -0.2) is 31.4 Å². The van der Waals surface area contributed by atoms with Crippen LogP contribution in [0, 0.1) is 13.8 Å². The van der Waals surface area contributed by atoms with Crippen LogP contribution in [0.3, 0.4) is 0 Å². The fourth-order valence-electron chi connectivity index (χ4n) is 2.70. The number of pyridine rings is 1. The molecule has 0 unspecified atom stereocenters. The molecule has 2 heterocycles. The van der Waals surface area contributed by atoms with Crippen LogP contribution in [0.1, 0.15) is 26.6 Å². The number of anilines is 2. The van der Waals surface area contributed by atoms with Gasteiger partial charge < -0.3 is 10.1 Å². The van der Waals surface area contributed by atoms with Gasteiger partial charge in [0, 0.05) is 5.38 Å². The van der Waals surface area contributed by atoms with Crippen LogP contribution in [-0.2, 0) is 16.2 Å². The smallest absolute Gasteiger partial charge is 0.434 e. The fourth-order valence-corrected chi connectivity index (χ4v) is 4.77. The number of aryl methyl sites for hydroxylation is 2. The number of amides is 1. The van der Waals surface area contributed by atoms with Crippen molar-refractivity contribution in [1.29, 1.82) is 0 Å². The predicted octanol–water partition coefficient (Wildman–Crippen LogP) is 4.24. The van der Waals surface area contributed by atoms with E-state index < -0.39 is 32.8 Å². The molecule has 0 saturated heterocycles. The summed E-state index contributed by atoms with van der Waals surface area (Å²) in [5, 5.41) is 2.58. The third kappa shape index (κ3) is 4.99. The minimum Gasteiger partial charge on any atom is -0.480 e. The Morgan fingerprint density at radius 3 is 2.41 bits per heavy atom. The Hall–Kier alpha value is -3.19. The van der Waals surface area contributed by atoms with E-state index in [0.29, 0.717) is 33.5 Å². The standard InChI is InChI=1S/C19H17F3N4O4S2/c1-10-5-4-6-11(2)15(10)26-32(28,29)13-7-12(8-23-17(13)30-3)24-16(27)18-25-14(9-31-18)19(20,21)22/h4-9,26H,1-3H3,(H,24,27). The van der Waals surface area contributed by atoms with Crippen molar-refractivity contribution < 1.29 is 31.1 Å². The number of rotatable bonds is 6. The summed E-state index contributed by atoms with van der Waals surface area (Å²) in [6.45, 7) is 3.47. The molecular formula is C19H17F3N4O4S2. The van der Waals surface area contributed by atoms with E-state index in [-0.39, 0.29) is 16.5 Å². The SMILES string of the molecule is COc1ncc(NC(=O)c2nc(C(F)(F)F)cs2)cc1S(=O)(=O)Nc1c(C)cccc1C. The average molecular weight is 486 g/mol. The van der Waals surface area contributed by atoms with E-state index in [2.05, 4.69) is 20.0 Å². The van der Waals surface area contributed by atoms with E-state index in [0.717, 1.165) is 12.3 Å². The zero-order valence-electron chi connectivity index (χ0n) is 16.9. The number of hydrogen-bond donors (Lipinski definition) is 2. The Morgan fingerprint density at radius 2 is 1.84 bits per heavy atom. The molecule has 32 heavy (non-hydrogen) atoms. The minimum atomic E-state index is -4.68. The summed E-state index contributed by atoms with van der Waals surface area (Å²) >= 11 is 0.507. The van der Waals surface area contributed by atoms with Crippen LogP contribution < -0.4 is 14.8 Å². The Balaban J connectivity index is 1.91. The number of sulfonamides is 1. The summed E-state index contributed by atoms with van der Waals surface area (Å²) < 4.78 is 71.7. The van der Waals surface area contributed by atoms with E-state index in [1.54, 1.807) is 32.0 Å². The molecule has 0 atom stereocenters. The molecule has 0 aliphatic rings. The maximum atomic E-state index is 13.0. The van der Waals surface area contributed by atoms with Crippen molar-refractivity contribution in [1.82, 2.24) is 9.97 Å². The van der Waals surface area contributed by atoms with Gasteiger partial charge in [0.1, 0.15) is 0 Å². The number of ether oxygens (including phenoxy) is 1. The number of thiazole rings is 1. The lowest BCUT2D eigenvalue weighted by Gasteiger charge is -2.15. The lowest BCUT2D eigenvalue weighted by Crippen LogP contribution is -2.18. The van der Waals surface area contributed by atoms with Crippen LogP contribution in [0.25, 0.3) is 0 Å². The van der Waals surface area contributed by atoms with Gasteiger partial charge in [-0.3, -0.25) is 9.52 Å². The molecule has 0 radical (unpaired) electrons. The lowest BCUT2D eigenvalue weighted by atomic mass is 10.1. The molecule has 3 aromatic rings. The van der Waals surface area contributed by atoms with Crippen LogP contribution >= 0.6 is 11.3 Å². The first-order chi connectivity index (χ1) is 14.9. The zero-order chi connectivity index (χ0) is 23.7. The van der Waals surface area contributed by atoms with Gasteiger partial charge in [0.05, 0.1) is 24.7 Å². The van der Waals surface area contributed by atoms with Gasteiger partial charge in [-0.25, -0.2) is 18.4 Å². The van der Waals surface area contributed by atoms with E-state index >= 15 is 0 Å². The first-order valence-electron chi connectivity index (χ1n) is 8.89. The number of nitrogens with zero attached hydrogens (tertiary/aromatic N) is 2. The molecule has 170 valence electrons. The topological polar surface area (TPSA) is 110 Å². The van der Waals surface area contributed by atoms with E-state index in [1.807, 2.05) is 0 Å². The molecule has 8 nitrogen and oxygen atoms in total. The molecule has 1 amide bonds. The summed E-state index contributed by atoms with van der Waals surface area (Å²) in [6.07, 6.45) is -3.57. The molecule has 3 rings (SSSR count). The maximum Gasteiger partial charge on any atom is 0.434 e. The van der Waals surface area contributed by atoms with Crippen LogP contribution in [0.2, 0.25) is 0 Å². The zero-order valence-corrected chi connectivity index (χ0v) is 18.6. The average Bonchev–Trinajstić information content (AvgIpc) is 3.22. The highest BCUT2D eigenvalue weighted by molar-refractivity contribution is 7.92. The molecule has 2 N–H and O–H groups in total. The van der Waals surface area contributed by atoms with Crippen LogP contribution in [0.5, 0.6) is 5.88 Å². The van der Waals surface area contributed by atoms with Crippen molar-refractivity contribution in [2.75, 3.05) is 17.1 Å². The van der Waals surface area contributed by atoms with Crippen molar-refractivity contribution in [3.63, 3.8) is 0 Å². The monoisotopic (exact) mass is 486 g/mol. The van der Waals surface area contributed by atoms with Crippen LogP contribution in [0.4, 0.5) is 24.5 Å². The molecule has 0 aliphatic carbocycles. The molecular weight excluding hydrogens is 469 g/mol. The van der Waals surface area contributed by atoms with Gasteiger partial charge in [-0.1, -0.05) is 18.2 Å². The number of nitrogens with one attached hydrogen (secondary N) is 2. The number of hydrogen-bond acceptors (Lipinski definition) is 7. The molecule has 1 aromatic carbocycles. The number of halogens is 3. The first kappa shape index (κ1) is 23.5. The summed E-state index contributed by atoms with van der Waals surface area (Å²) in [7, 11) is -2.96. The Kier molecular flexibility index (Phi) is 6.41. The fraction of sp³-hybridized carbons (Fsp3) is 0.211. The number of benzene rings is 1. The van der Waals surface area contributed by atoms with Gasteiger partial charge in [-0.05, 0) is 31.0 Å². The van der Waals surface area contributed by atoms with Crippen molar-refractivity contribution in [2.45, 2.75) is 24.9 Å². The molecule has 0 aliphatic heterocycles. The molecule has 2 aromatic heterocycles. The van der Waals surface area contributed by atoms with Gasteiger partial charge in [0.15, 0.2) is 15.6 Å². The highest BCUT2D eigenvalue weighted by atomic mass is 32.2. The molecule has 0 spiro atoms. The molecule has 13 heteroatoms. The first-order valence-corrected chi connectivity index (χ1v) is 11.3. The lowest BCUT2D eigenvalue weighted by molar-refractivity contribution is -0.140. The van der Waals surface area contributed by atoms with Crippen molar-refractivity contribution >= 4 is 38.6 Å². The molecule has 0 saturated carbocycles. The van der Waals surface area contributed by atoms with Crippen molar-refractivity contribution in [2.24, 2.45) is 0 Å². The number of para-hydroxylation sites is 1. The van der Waals surface area contributed by atoms with E-state index in [4.69, 9.17) is 4.74 Å². The van der Waals surface area contributed by atoms with E-state index in [9.17, 15) is 26.4 Å². The highest BCUT2D eigenvalue weighted by Crippen LogP contribution is 2.31. The number of carbonyl (C=O) groups excluding carboxylic acids is 1. The van der Waals surface area contributed by atoms with Crippen molar-refractivity contribution in [3.05, 3.63) is 57.7 Å². The second-order valence-corrected chi connectivity index (χ2v) is 9.10.